The van der Waals surface area contributed by atoms with Gasteiger partial charge in [-0.15, -0.1) is 0 Å². The minimum Gasteiger partial charge on any atom is -0.355 e. The van der Waals surface area contributed by atoms with Crippen molar-refractivity contribution in [1.29, 1.82) is 0 Å². The average Bonchev–Trinajstić information content (AvgIpc) is 3.32. The van der Waals surface area contributed by atoms with Gasteiger partial charge in [-0.1, -0.05) is 0 Å². The van der Waals surface area contributed by atoms with Crippen LogP contribution in [0.1, 0.15) is 22.8 Å². The van der Waals surface area contributed by atoms with Gasteiger partial charge in [0.15, 0.2) is 0 Å². The predicted octanol–water partition coefficient (Wildman–Crippen LogP) is 4.77. The lowest BCUT2D eigenvalue weighted by Gasteiger charge is -1.86. The number of hydrogen-bond donors (Lipinski definition) is 2. The second-order valence-electron chi connectivity index (χ2n) is 5.91. The van der Waals surface area contributed by atoms with E-state index in [9.17, 15) is 0 Å². The molecule has 2 N–H and O–H groups in total. The smallest absolute Gasteiger partial charge is 0.0659 e. The average molecular weight is 344 g/mol. The Hall–Kier alpha value is -3.05. The molecule has 5 heteroatoms. The number of nitrogens with zero attached hydrogens (tertiary/aromatic N) is 2. The van der Waals surface area contributed by atoms with E-state index in [2.05, 4.69) is 50.3 Å². The summed E-state index contributed by atoms with van der Waals surface area (Å²) in [7, 11) is 0. The molecule has 0 atom stereocenters. The van der Waals surface area contributed by atoms with E-state index >= 15 is 0 Å². The fourth-order valence-electron chi connectivity index (χ4n) is 2.94. The molecule has 25 heavy (non-hydrogen) atoms. The molecule has 0 unspecified atom stereocenters. The minimum absolute atomic E-state index is 0. The first-order valence-electron chi connectivity index (χ1n) is 7.85. The number of H-pyrrole nitrogens is 2. The Balaban J connectivity index is 0.00000157. The molecular formula is C20H16N4S. The van der Waals surface area contributed by atoms with Crippen molar-refractivity contribution < 1.29 is 0 Å². The normalized spacial score (nSPS) is 12.2. The van der Waals surface area contributed by atoms with Gasteiger partial charge in [0.05, 0.1) is 22.8 Å². The summed E-state index contributed by atoms with van der Waals surface area (Å²) in [5, 5.41) is 0. The number of aromatic amines is 2. The highest BCUT2D eigenvalue weighted by molar-refractivity contribution is 7.59. The number of rotatable bonds is 0. The molecule has 2 aliphatic heterocycles. The first-order chi connectivity index (χ1) is 11.8. The van der Waals surface area contributed by atoms with Crippen LogP contribution in [0.25, 0.3) is 46.4 Å². The molecule has 3 aromatic heterocycles. The largest absolute Gasteiger partial charge is 0.355 e. The summed E-state index contributed by atoms with van der Waals surface area (Å²) in [6, 6.07) is 16.4. The first-order valence-corrected chi connectivity index (χ1v) is 7.85. The zero-order valence-electron chi connectivity index (χ0n) is 13.3. The Morgan fingerprint density at radius 2 is 0.840 bits per heavy atom. The molecule has 5 heterocycles. The maximum absolute atomic E-state index is 4.62. The second-order valence-corrected chi connectivity index (χ2v) is 5.91. The number of fused-ring (bicyclic) bond motifs is 8. The summed E-state index contributed by atoms with van der Waals surface area (Å²) in [6.45, 7) is 0. The van der Waals surface area contributed by atoms with Crippen LogP contribution in [0.15, 0.2) is 48.5 Å². The zero-order chi connectivity index (χ0) is 15.9. The van der Waals surface area contributed by atoms with E-state index in [1.54, 1.807) is 0 Å². The molecule has 0 fully saturated rings. The highest BCUT2D eigenvalue weighted by Crippen LogP contribution is 2.17. The van der Waals surface area contributed by atoms with Gasteiger partial charge in [-0.2, -0.15) is 13.5 Å². The molecule has 0 aliphatic carbocycles. The molecular weight excluding hydrogens is 328 g/mol. The number of aromatic nitrogens is 4. The summed E-state index contributed by atoms with van der Waals surface area (Å²) in [5.74, 6) is 0. The van der Waals surface area contributed by atoms with Gasteiger partial charge in [0, 0.05) is 22.1 Å². The van der Waals surface area contributed by atoms with Crippen molar-refractivity contribution in [3.63, 3.8) is 0 Å². The summed E-state index contributed by atoms with van der Waals surface area (Å²) in [6.07, 6.45) is 8.05. The van der Waals surface area contributed by atoms with E-state index in [1.165, 1.54) is 0 Å². The van der Waals surface area contributed by atoms with E-state index < -0.39 is 0 Å². The highest BCUT2D eigenvalue weighted by Gasteiger charge is 2.02. The standard InChI is InChI=1S/C20H14N4.H2S/c1-2-14-10-16-5-6-18(23-16)12-20-8-7-19(24-20)11-17-4-3-15(22-17)9-13(1)21-14;/h1-12,21-22H;1H2. The van der Waals surface area contributed by atoms with Crippen LogP contribution in [0.5, 0.6) is 0 Å². The van der Waals surface area contributed by atoms with E-state index in [-0.39, 0.29) is 13.5 Å². The van der Waals surface area contributed by atoms with Crippen LogP contribution < -0.4 is 0 Å². The monoisotopic (exact) mass is 344 g/mol. The molecule has 2 aliphatic rings. The summed E-state index contributed by atoms with van der Waals surface area (Å²) in [5.41, 5.74) is 7.86. The Bertz CT molecular complexity index is 1080. The Kier molecular flexibility index (Phi) is 3.78. The molecule has 0 radical (unpaired) electrons. The van der Waals surface area contributed by atoms with E-state index in [0.717, 1.165) is 44.8 Å². The summed E-state index contributed by atoms with van der Waals surface area (Å²) >= 11 is 0. The summed E-state index contributed by atoms with van der Waals surface area (Å²) in [4.78, 5) is 16.0. The van der Waals surface area contributed by atoms with Gasteiger partial charge < -0.3 is 9.97 Å². The molecule has 3 aromatic rings. The van der Waals surface area contributed by atoms with Crippen LogP contribution in [0.3, 0.4) is 0 Å². The minimum atomic E-state index is 0. The van der Waals surface area contributed by atoms with Gasteiger partial charge >= 0.3 is 0 Å². The molecule has 0 spiro atoms. The lowest BCUT2D eigenvalue weighted by atomic mass is 10.3. The SMILES string of the molecule is C1=Cc2cc3ccc(cc4ccc(cc5nc(cc1n2)C=C5)[nH]4)[nH]3.S. The van der Waals surface area contributed by atoms with Crippen LogP contribution in [0, 0.1) is 0 Å². The third-order valence-corrected chi connectivity index (χ3v) is 4.04. The van der Waals surface area contributed by atoms with Crippen LogP contribution >= 0.6 is 13.5 Å². The Morgan fingerprint density at radius 1 is 0.480 bits per heavy atom. The zero-order valence-corrected chi connectivity index (χ0v) is 14.3. The molecule has 0 aromatic carbocycles. The quantitative estimate of drug-likeness (QED) is 0.425. The topological polar surface area (TPSA) is 57.4 Å². The van der Waals surface area contributed by atoms with Crippen molar-refractivity contribution in [1.82, 2.24) is 19.9 Å². The van der Waals surface area contributed by atoms with E-state index in [1.807, 2.05) is 42.5 Å². The molecule has 4 nitrogen and oxygen atoms in total. The van der Waals surface area contributed by atoms with Crippen molar-refractivity contribution in [2.75, 3.05) is 0 Å². The van der Waals surface area contributed by atoms with Crippen LogP contribution in [-0.4, -0.2) is 19.9 Å². The lowest BCUT2D eigenvalue weighted by molar-refractivity contribution is 1.28. The second kappa shape index (κ2) is 6.11. The van der Waals surface area contributed by atoms with Crippen molar-refractivity contribution in [3.8, 4) is 0 Å². The number of nitrogens with one attached hydrogen (secondary N) is 2. The lowest BCUT2D eigenvalue weighted by Crippen LogP contribution is -1.77. The van der Waals surface area contributed by atoms with E-state index in [4.69, 9.17) is 0 Å². The van der Waals surface area contributed by atoms with Gasteiger partial charge in [0.1, 0.15) is 0 Å². The van der Waals surface area contributed by atoms with Crippen LogP contribution in [-0.2, 0) is 0 Å². The van der Waals surface area contributed by atoms with E-state index in [0.29, 0.717) is 0 Å². The van der Waals surface area contributed by atoms with Crippen LogP contribution in [0.2, 0.25) is 0 Å². The fourth-order valence-corrected chi connectivity index (χ4v) is 2.94. The Morgan fingerprint density at radius 3 is 1.28 bits per heavy atom. The van der Waals surface area contributed by atoms with Gasteiger partial charge in [0.25, 0.3) is 0 Å². The summed E-state index contributed by atoms with van der Waals surface area (Å²) < 4.78 is 0. The fraction of sp³-hybridized carbons (Fsp3) is 0. The highest BCUT2D eigenvalue weighted by atomic mass is 32.1. The van der Waals surface area contributed by atoms with Crippen LogP contribution in [0.4, 0.5) is 0 Å². The third kappa shape index (κ3) is 3.14. The first kappa shape index (κ1) is 15.5. The Labute approximate surface area is 151 Å². The molecule has 0 amide bonds. The molecule has 5 rings (SSSR count). The van der Waals surface area contributed by atoms with Gasteiger partial charge in [0.2, 0.25) is 0 Å². The van der Waals surface area contributed by atoms with Crippen molar-refractivity contribution >= 4 is 59.9 Å². The molecule has 0 saturated heterocycles. The van der Waals surface area contributed by atoms with Gasteiger partial charge in [-0.05, 0) is 72.8 Å². The number of hydrogen-bond acceptors (Lipinski definition) is 2. The molecule has 122 valence electrons. The maximum Gasteiger partial charge on any atom is 0.0659 e. The molecule has 8 bridgehead atoms. The van der Waals surface area contributed by atoms with Crippen molar-refractivity contribution in [3.05, 3.63) is 71.3 Å². The molecule has 0 saturated carbocycles. The van der Waals surface area contributed by atoms with Crippen molar-refractivity contribution in [2.24, 2.45) is 0 Å². The third-order valence-electron chi connectivity index (χ3n) is 4.04. The van der Waals surface area contributed by atoms with Gasteiger partial charge in [-0.3, -0.25) is 0 Å². The predicted molar refractivity (Wildman–Crippen MR) is 109 cm³/mol. The van der Waals surface area contributed by atoms with Gasteiger partial charge in [-0.25, -0.2) is 9.97 Å². The van der Waals surface area contributed by atoms with Crippen molar-refractivity contribution in [2.45, 2.75) is 0 Å². The maximum atomic E-state index is 4.62.